The Morgan fingerprint density at radius 1 is 1.54 bits per heavy atom. The summed E-state index contributed by atoms with van der Waals surface area (Å²) in [6, 6.07) is 0. The van der Waals surface area contributed by atoms with Crippen molar-refractivity contribution in [2.75, 3.05) is 6.61 Å². The van der Waals surface area contributed by atoms with Crippen molar-refractivity contribution in [2.24, 2.45) is 0 Å². The second-order valence-electron chi connectivity index (χ2n) is 3.30. The number of aliphatic hydroxyl groups is 1. The molecule has 74 valence electrons. The molecule has 0 aromatic rings. The maximum Gasteiger partial charge on any atom is 0.384 e. The summed E-state index contributed by atoms with van der Waals surface area (Å²) in [6.07, 6.45) is 1.82. The van der Waals surface area contributed by atoms with Gasteiger partial charge in [-0.1, -0.05) is 19.3 Å². The Morgan fingerprint density at radius 3 is 2.62 bits per heavy atom. The topological polar surface area (TPSA) is 46.5 Å². The first kappa shape index (κ1) is 12.0. The third-order valence-electron chi connectivity index (χ3n) is 1.20. The van der Waals surface area contributed by atoms with Crippen LogP contribution in [0.25, 0.3) is 0 Å². The number of hydrogen-bond donors (Lipinski definition) is 1. The maximum absolute atomic E-state index is 10.9. The van der Waals surface area contributed by atoms with Gasteiger partial charge in [0.25, 0.3) is 0 Å². The van der Waals surface area contributed by atoms with Gasteiger partial charge in [-0.05, 0) is 20.3 Å². The van der Waals surface area contributed by atoms with Crippen molar-refractivity contribution < 1.29 is 14.6 Å². The Balaban J connectivity index is 3.78. The lowest BCUT2D eigenvalue weighted by Gasteiger charge is -2.05. The van der Waals surface area contributed by atoms with E-state index in [0.29, 0.717) is 6.61 Å². The highest BCUT2D eigenvalue weighted by atomic mass is 16.5. The van der Waals surface area contributed by atoms with Gasteiger partial charge in [-0.3, -0.25) is 0 Å². The molecule has 0 saturated heterocycles. The molecule has 0 saturated carbocycles. The summed E-state index contributed by atoms with van der Waals surface area (Å²) in [5, 5.41) is 9.16. The quantitative estimate of drug-likeness (QED) is 0.309. The van der Waals surface area contributed by atoms with Crippen LogP contribution >= 0.6 is 0 Å². The van der Waals surface area contributed by atoms with Crippen LogP contribution in [0.5, 0.6) is 0 Å². The highest BCUT2D eigenvalue weighted by Crippen LogP contribution is 1.96. The molecule has 0 rings (SSSR count). The number of carbonyl (C=O) groups excluding carboxylic acids is 1. The number of ether oxygens (including phenoxy) is 1. The molecule has 1 N–H and O–H groups in total. The molecular formula is C10H16O3. The van der Waals surface area contributed by atoms with E-state index < -0.39 is 11.6 Å². The van der Waals surface area contributed by atoms with Crippen LogP contribution in [0.3, 0.4) is 0 Å². The molecule has 13 heavy (non-hydrogen) atoms. The fraction of sp³-hybridized carbons (Fsp3) is 0.700. The summed E-state index contributed by atoms with van der Waals surface area (Å²) in [7, 11) is 0. The molecule has 0 aromatic heterocycles. The molecule has 0 aliphatic rings. The standard InChI is InChI=1S/C10H16O3/c1-4-5-8-13-9(11)6-7-10(2,3)12/h12H,4-5,8H2,1-3H3. The molecule has 0 unspecified atom stereocenters. The van der Waals surface area contributed by atoms with Crippen molar-refractivity contribution in [1.82, 2.24) is 0 Å². The number of carbonyl (C=O) groups is 1. The van der Waals surface area contributed by atoms with E-state index in [-0.39, 0.29) is 0 Å². The Kier molecular flexibility index (Phi) is 5.17. The van der Waals surface area contributed by atoms with Gasteiger partial charge in [-0.15, -0.1) is 0 Å². The van der Waals surface area contributed by atoms with Crippen LogP contribution in [0.2, 0.25) is 0 Å². The second-order valence-corrected chi connectivity index (χ2v) is 3.30. The molecule has 0 heterocycles. The Morgan fingerprint density at radius 2 is 2.15 bits per heavy atom. The van der Waals surface area contributed by atoms with Crippen LogP contribution in [0, 0.1) is 11.8 Å². The van der Waals surface area contributed by atoms with Crippen molar-refractivity contribution in [3.05, 3.63) is 0 Å². The summed E-state index contributed by atoms with van der Waals surface area (Å²) in [4.78, 5) is 10.9. The highest BCUT2D eigenvalue weighted by molar-refractivity contribution is 5.88. The summed E-state index contributed by atoms with van der Waals surface area (Å²) in [5.41, 5.74) is -1.14. The van der Waals surface area contributed by atoms with Gasteiger partial charge in [0.15, 0.2) is 0 Å². The lowest BCUT2D eigenvalue weighted by molar-refractivity contribution is -0.136. The van der Waals surface area contributed by atoms with E-state index in [1.165, 1.54) is 13.8 Å². The zero-order chi connectivity index (χ0) is 10.3. The molecule has 0 spiro atoms. The van der Waals surface area contributed by atoms with E-state index in [4.69, 9.17) is 9.84 Å². The molecule has 3 nitrogen and oxygen atoms in total. The van der Waals surface area contributed by atoms with Crippen LogP contribution in [-0.4, -0.2) is 23.3 Å². The van der Waals surface area contributed by atoms with Crippen LogP contribution in [0.1, 0.15) is 33.6 Å². The van der Waals surface area contributed by atoms with Gasteiger partial charge in [0, 0.05) is 5.92 Å². The number of unbranched alkanes of at least 4 members (excludes halogenated alkanes) is 1. The lowest BCUT2D eigenvalue weighted by atomic mass is 10.1. The largest absolute Gasteiger partial charge is 0.456 e. The van der Waals surface area contributed by atoms with Crippen LogP contribution in [-0.2, 0) is 9.53 Å². The van der Waals surface area contributed by atoms with Crippen molar-refractivity contribution >= 4 is 5.97 Å². The van der Waals surface area contributed by atoms with E-state index in [1.807, 2.05) is 6.92 Å². The molecule has 0 aliphatic carbocycles. The SMILES string of the molecule is CCCCOC(=O)C#CC(C)(C)O. The van der Waals surface area contributed by atoms with Gasteiger partial charge in [-0.25, -0.2) is 4.79 Å². The molecule has 0 aliphatic heterocycles. The first-order valence-corrected chi connectivity index (χ1v) is 4.38. The van der Waals surface area contributed by atoms with Gasteiger partial charge in [0.2, 0.25) is 0 Å². The second kappa shape index (κ2) is 5.60. The van der Waals surface area contributed by atoms with E-state index in [9.17, 15) is 4.79 Å². The smallest absolute Gasteiger partial charge is 0.384 e. The minimum Gasteiger partial charge on any atom is -0.456 e. The van der Waals surface area contributed by atoms with Crippen molar-refractivity contribution in [2.45, 2.75) is 39.2 Å². The minimum absolute atomic E-state index is 0.399. The Bertz CT molecular complexity index is 215. The monoisotopic (exact) mass is 184 g/mol. The third-order valence-corrected chi connectivity index (χ3v) is 1.20. The summed E-state index contributed by atoms with van der Waals surface area (Å²) in [5.74, 6) is 4.03. The normalized spacial score (nSPS) is 10.2. The highest BCUT2D eigenvalue weighted by Gasteiger charge is 2.07. The number of esters is 1. The summed E-state index contributed by atoms with van der Waals surface area (Å²) < 4.78 is 4.75. The van der Waals surface area contributed by atoms with E-state index in [0.717, 1.165) is 12.8 Å². The summed E-state index contributed by atoms with van der Waals surface area (Å²) >= 11 is 0. The Labute approximate surface area is 79.1 Å². The van der Waals surface area contributed by atoms with Crippen LogP contribution in [0.4, 0.5) is 0 Å². The predicted octanol–water partition coefficient (Wildman–Crippen LogP) is 1.10. The van der Waals surface area contributed by atoms with Gasteiger partial charge >= 0.3 is 5.97 Å². The van der Waals surface area contributed by atoms with E-state index in [2.05, 4.69) is 11.8 Å². The van der Waals surface area contributed by atoms with Gasteiger partial charge < -0.3 is 9.84 Å². The molecule has 0 bridgehead atoms. The van der Waals surface area contributed by atoms with Crippen molar-refractivity contribution in [3.8, 4) is 11.8 Å². The van der Waals surface area contributed by atoms with Gasteiger partial charge in [0.1, 0.15) is 5.60 Å². The molecule has 0 fully saturated rings. The van der Waals surface area contributed by atoms with Crippen molar-refractivity contribution in [1.29, 1.82) is 0 Å². The maximum atomic E-state index is 10.9. The molecule has 0 aromatic carbocycles. The van der Waals surface area contributed by atoms with Crippen molar-refractivity contribution in [3.63, 3.8) is 0 Å². The van der Waals surface area contributed by atoms with E-state index >= 15 is 0 Å². The minimum atomic E-state index is -1.14. The number of hydrogen-bond acceptors (Lipinski definition) is 3. The molecule has 0 atom stereocenters. The van der Waals surface area contributed by atoms with Gasteiger partial charge in [0.05, 0.1) is 6.61 Å². The van der Waals surface area contributed by atoms with Crippen LogP contribution in [0.15, 0.2) is 0 Å². The predicted molar refractivity (Wildman–Crippen MR) is 49.9 cm³/mol. The van der Waals surface area contributed by atoms with Gasteiger partial charge in [-0.2, -0.15) is 0 Å². The zero-order valence-corrected chi connectivity index (χ0v) is 8.39. The first-order valence-electron chi connectivity index (χ1n) is 4.38. The zero-order valence-electron chi connectivity index (χ0n) is 8.39. The fourth-order valence-corrected chi connectivity index (χ4v) is 0.549. The molecule has 0 amide bonds. The molecule has 3 heteroatoms. The van der Waals surface area contributed by atoms with Crippen LogP contribution < -0.4 is 0 Å². The average Bonchev–Trinajstić information content (AvgIpc) is 2.00. The fourth-order valence-electron chi connectivity index (χ4n) is 0.549. The van der Waals surface area contributed by atoms with E-state index in [1.54, 1.807) is 0 Å². The molecule has 0 radical (unpaired) electrons. The Hall–Kier alpha value is -1.01. The average molecular weight is 184 g/mol. The lowest BCUT2D eigenvalue weighted by Crippen LogP contribution is -2.15. The third kappa shape index (κ3) is 8.90. The number of rotatable bonds is 3. The summed E-state index contributed by atoms with van der Waals surface area (Å²) in [6.45, 7) is 5.44. The first-order chi connectivity index (χ1) is 5.95. The molecular weight excluding hydrogens is 168 g/mol.